The predicted molar refractivity (Wildman–Crippen MR) is 83.9 cm³/mol. The van der Waals surface area contributed by atoms with Gasteiger partial charge < -0.3 is 11.1 Å². The Morgan fingerprint density at radius 2 is 2.25 bits per heavy atom. The van der Waals surface area contributed by atoms with Gasteiger partial charge in [-0.1, -0.05) is 18.0 Å². The smallest absolute Gasteiger partial charge is 0.241 e. The molecule has 0 aliphatic heterocycles. The molecular formula is C15H22ClN3O. The van der Waals surface area contributed by atoms with Crippen LogP contribution < -0.4 is 11.1 Å². The van der Waals surface area contributed by atoms with Crippen LogP contribution >= 0.6 is 11.6 Å². The Kier molecular flexibility index (Phi) is 4.89. The van der Waals surface area contributed by atoms with E-state index in [1.165, 1.54) is 19.3 Å². The van der Waals surface area contributed by atoms with E-state index in [0.717, 1.165) is 12.5 Å². The molecule has 0 radical (unpaired) electrons. The average molecular weight is 296 g/mol. The van der Waals surface area contributed by atoms with Gasteiger partial charge >= 0.3 is 0 Å². The fourth-order valence-electron chi connectivity index (χ4n) is 2.31. The van der Waals surface area contributed by atoms with Crippen molar-refractivity contribution in [2.75, 3.05) is 24.6 Å². The number of anilines is 2. The lowest BCUT2D eigenvalue weighted by Gasteiger charge is -2.32. The molecule has 1 fully saturated rings. The molecule has 0 bridgehead atoms. The monoisotopic (exact) mass is 295 g/mol. The van der Waals surface area contributed by atoms with E-state index in [1.807, 2.05) is 14.0 Å². The fraction of sp³-hybridized carbons (Fsp3) is 0.533. The maximum atomic E-state index is 12.2. The van der Waals surface area contributed by atoms with Crippen LogP contribution in [0.1, 0.15) is 26.2 Å². The molecule has 1 saturated carbocycles. The van der Waals surface area contributed by atoms with Crippen molar-refractivity contribution in [2.45, 2.75) is 32.2 Å². The van der Waals surface area contributed by atoms with Gasteiger partial charge in [0, 0.05) is 12.2 Å². The Hall–Kier alpha value is -1.26. The molecule has 1 aromatic rings. The van der Waals surface area contributed by atoms with Gasteiger partial charge in [0.05, 0.1) is 16.8 Å². The highest BCUT2D eigenvalue weighted by molar-refractivity contribution is 6.34. The van der Waals surface area contributed by atoms with E-state index in [4.69, 9.17) is 17.3 Å². The van der Waals surface area contributed by atoms with Crippen LogP contribution in [0.2, 0.25) is 5.02 Å². The molecule has 0 heterocycles. The first-order chi connectivity index (χ1) is 9.47. The summed E-state index contributed by atoms with van der Waals surface area (Å²) in [5.41, 5.74) is 6.83. The van der Waals surface area contributed by atoms with Crippen LogP contribution in [0.3, 0.4) is 0 Å². The Bertz CT molecular complexity index is 488. The first-order valence-electron chi connectivity index (χ1n) is 7.03. The minimum Gasteiger partial charge on any atom is -0.399 e. The maximum absolute atomic E-state index is 12.2. The molecule has 0 spiro atoms. The first-order valence-corrected chi connectivity index (χ1v) is 7.41. The van der Waals surface area contributed by atoms with Crippen molar-refractivity contribution in [1.82, 2.24) is 4.90 Å². The van der Waals surface area contributed by atoms with Crippen LogP contribution in [-0.2, 0) is 4.79 Å². The lowest BCUT2D eigenvalue weighted by molar-refractivity contribution is -0.120. The third-order valence-electron chi connectivity index (χ3n) is 4.06. The summed E-state index contributed by atoms with van der Waals surface area (Å²) >= 11 is 6.07. The van der Waals surface area contributed by atoms with E-state index in [1.54, 1.807) is 18.2 Å². The van der Waals surface area contributed by atoms with E-state index in [9.17, 15) is 4.79 Å². The topological polar surface area (TPSA) is 58.4 Å². The molecule has 1 atom stereocenters. The number of nitrogen functional groups attached to an aromatic ring is 1. The molecular weight excluding hydrogens is 274 g/mol. The number of nitrogens with one attached hydrogen (secondary N) is 1. The van der Waals surface area contributed by atoms with E-state index >= 15 is 0 Å². The van der Waals surface area contributed by atoms with Gasteiger partial charge in [0.1, 0.15) is 0 Å². The van der Waals surface area contributed by atoms with E-state index in [2.05, 4.69) is 10.2 Å². The Morgan fingerprint density at radius 3 is 2.80 bits per heavy atom. The Balaban J connectivity index is 1.92. The summed E-state index contributed by atoms with van der Waals surface area (Å²) in [6.45, 7) is 2.89. The number of halogens is 1. The van der Waals surface area contributed by atoms with Crippen molar-refractivity contribution in [3.05, 3.63) is 23.2 Å². The van der Waals surface area contributed by atoms with Crippen molar-refractivity contribution in [2.24, 2.45) is 5.92 Å². The van der Waals surface area contributed by atoms with Gasteiger partial charge in [-0.2, -0.15) is 0 Å². The highest BCUT2D eigenvalue weighted by atomic mass is 35.5. The molecule has 5 heteroatoms. The minimum absolute atomic E-state index is 0.0431. The quantitative estimate of drug-likeness (QED) is 0.821. The van der Waals surface area contributed by atoms with Crippen LogP contribution in [-0.4, -0.2) is 30.4 Å². The molecule has 1 aliphatic rings. The van der Waals surface area contributed by atoms with Gasteiger partial charge in [-0.25, -0.2) is 0 Å². The third-order valence-corrected chi connectivity index (χ3v) is 4.38. The van der Waals surface area contributed by atoms with Gasteiger partial charge in [-0.3, -0.25) is 9.69 Å². The number of hydrogen-bond acceptors (Lipinski definition) is 3. The lowest BCUT2D eigenvalue weighted by Crippen LogP contribution is -2.42. The second-order valence-electron chi connectivity index (χ2n) is 5.64. The van der Waals surface area contributed by atoms with Crippen molar-refractivity contribution in [3.8, 4) is 0 Å². The minimum atomic E-state index is -0.177. The molecule has 0 saturated heterocycles. The predicted octanol–water partition coefficient (Wildman–Crippen LogP) is 2.98. The van der Waals surface area contributed by atoms with Crippen LogP contribution in [0.25, 0.3) is 0 Å². The summed E-state index contributed by atoms with van der Waals surface area (Å²) in [5, 5.41) is 3.32. The molecule has 1 aromatic carbocycles. The number of nitrogens with zero attached hydrogens (tertiary/aromatic N) is 1. The zero-order valence-corrected chi connectivity index (χ0v) is 12.8. The molecule has 4 nitrogen and oxygen atoms in total. The van der Waals surface area contributed by atoms with Crippen LogP contribution in [0.15, 0.2) is 18.2 Å². The highest BCUT2D eigenvalue weighted by Gasteiger charge is 2.24. The SMILES string of the molecule is CC(C(=O)Nc1ccc(N)cc1Cl)N(C)CC1CCC1. The van der Waals surface area contributed by atoms with Crippen LogP contribution in [0, 0.1) is 5.92 Å². The molecule has 1 amide bonds. The van der Waals surface area contributed by atoms with Gasteiger partial charge in [-0.05, 0) is 50.9 Å². The lowest BCUT2D eigenvalue weighted by atomic mass is 9.85. The van der Waals surface area contributed by atoms with Crippen molar-refractivity contribution in [1.29, 1.82) is 0 Å². The number of likely N-dealkylation sites (N-methyl/N-ethyl adjacent to an activating group) is 1. The summed E-state index contributed by atoms with van der Waals surface area (Å²) in [6, 6.07) is 4.92. The summed E-state index contributed by atoms with van der Waals surface area (Å²) in [5.74, 6) is 0.703. The summed E-state index contributed by atoms with van der Waals surface area (Å²) in [7, 11) is 1.99. The van der Waals surface area contributed by atoms with E-state index < -0.39 is 0 Å². The summed E-state index contributed by atoms with van der Waals surface area (Å²) < 4.78 is 0. The second-order valence-corrected chi connectivity index (χ2v) is 6.05. The average Bonchev–Trinajstić information content (AvgIpc) is 2.36. The zero-order chi connectivity index (χ0) is 14.7. The van der Waals surface area contributed by atoms with E-state index in [-0.39, 0.29) is 11.9 Å². The Labute approximate surface area is 125 Å². The largest absolute Gasteiger partial charge is 0.399 e. The molecule has 0 aromatic heterocycles. The summed E-state index contributed by atoms with van der Waals surface area (Å²) in [6.07, 6.45) is 3.88. The number of carbonyl (C=O) groups excluding carboxylic acids is 1. The van der Waals surface area contributed by atoms with Gasteiger partial charge in [-0.15, -0.1) is 0 Å². The normalized spacial score (nSPS) is 16.8. The molecule has 3 N–H and O–H groups in total. The van der Waals surface area contributed by atoms with Gasteiger partial charge in [0.2, 0.25) is 5.91 Å². The van der Waals surface area contributed by atoms with Crippen molar-refractivity contribution < 1.29 is 4.79 Å². The Morgan fingerprint density at radius 1 is 1.55 bits per heavy atom. The van der Waals surface area contributed by atoms with Crippen LogP contribution in [0.5, 0.6) is 0 Å². The molecule has 110 valence electrons. The molecule has 1 unspecified atom stereocenters. The zero-order valence-electron chi connectivity index (χ0n) is 12.0. The number of benzene rings is 1. The fourth-order valence-corrected chi connectivity index (χ4v) is 2.55. The van der Waals surface area contributed by atoms with Crippen molar-refractivity contribution in [3.63, 3.8) is 0 Å². The molecule has 2 rings (SSSR count). The number of hydrogen-bond donors (Lipinski definition) is 2. The van der Waals surface area contributed by atoms with Crippen LogP contribution in [0.4, 0.5) is 11.4 Å². The van der Waals surface area contributed by atoms with Crippen molar-refractivity contribution >= 4 is 28.9 Å². The second kappa shape index (κ2) is 6.46. The number of carbonyl (C=O) groups is 1. The van der Waals surface area contributed by atoms with Gasteiger partial charge in [0.25, 0.3) is 0 Å². The van der Waals surface area contributed by atoms with E-state index in [0.29, 0.717) is 16.4 Å². The third kappa shape index (κ3) is 3.64. The molecule has 1 aliphatic carbocycles. The maximum Gasteiger partial charge on any atom is 0.241 e. The number of amides is 1. The first kappa shape index (κ1) is 15.1. The number of rotatable bonds is 5. The van der Waals surface area contributed by atoms with Gasteiger partial charge in [0.15, 0.2) is 0 Å². The number of nitrogens with two attached hydrogens (primary N) is 1. The molecule has 20 heavy (non-hydrogen) atoms. The standard InChI is InChI=1S/C15H22ClN3O/c1-10(19(2)9-11-4-3-5-11)15(20)18-14-7-6-12(17)8-13(14)16/h6-8,10-11H,3-5,9,17H2,1-2H3,(H,18,20). The highest BCUT2D eigenvalue weighted by Crippen LogP contribution is 2.28. The summed E-state index contributed by atoms with van der Waals surface area (Å²) in [4.78, 5) is 14.3.